The molecule has 0 aliphatic carbocycles. The first kappa shape index (κ1) is 10.5. The molecule has 0 aromatic heterocycles. The molecule has 0 saturated heterocycles. The van der Waals surface area contributed by atoms with Crippen molar-refractivity contribution in [2.75, 3.05) is 14.1 Å². The van der Waals surface area contributed by atoms with Crippen LogP contribution in [-0.2, 0) is 0 Å². The summed E-state index contributed by atoms with van der Waals surface area (Å²) in [5, 5.41) is 6.88. The molecule has 0 amide bonds. The molecule has 0 aliphatic heterocycles. The van der Waals surface area contributed by atoms with Gasteiger partial charge < -0.3 is 4.90 Å². The highest BCUT2D eigenvalue weighted by Crippen LogP contribution is 1.70. The minimum Gasteiger partial charge on any atom is -0.367 e. The Morgan fingerprint density at radius 3 is 1.38 bits per heavy atom. The van der Waals surface area contributed by atoms with Crippen LogP contribution in [0.15, 0.2) is 0 Å². The van der Waals surface area contributed by atoms with Crippen molar-refractivity contribution >= 4 is 5.84 Å². The third-order valence-electron chi connectivity index (χ3n) is 0.671. The highest BCUT2D eigenvalue weighted by molar-refractivity contribution is 5.75. The summed E-state index contributed by atoms with van der Waals surface area (Å²) in [6.45, 7) is 5.75. The summed E-state index contributed by atoms with van der Waals surface area (Å²) in [5.74, 6) is 0.593. The predicted octanol–water partition coefficient (Wildman–Crippen LogP) is 1.57. The van der Waals surface area contributed by atoms with E-state index in [-0.39, 0.29) is 0 Å². The molecule has 0 spiro atoms. The fraction of sp³-hybridized carbons (Fsp3) is 0.833. The summed E-state index contributed by atoms with van der Waals surface area (Å²) in [7, 11) is 3.70. The first-order valence-corrected chi connectivity index (χ1v) is 2.87. The molecule has 0 radical (unpaired) electrons. The molecular formula is C6H16N2. The lowest BCUT2D eigenvalue weighted by Crippen LogP contribution is -2.16. The van der Waals surface area contributed by atoms with E-state index in [9.17, 15) is 0 Å². The summed E-state index contributed by atoms with van der Waals surface area (Å²) < 4.78 is 0. The third kappa shape index (κ3) is 9.08. The zero-order valence-electron chi connectivity index (χ0n) is 6.45. The quantitative estimate of drug-likeness (QED) is 0.377. The van der Waals surface area contributed by atoms with Crippen molar-refractivity contribution in [3.05, 3.63) is 0 Å². The summed E-state index contributed by atoms with van der Waals surface area (Å²) in [5.41, 5.74) is 0. The molecule has 0 aliphatic rings. The molecule has 0 rings (SSSR count). The van der Waals surface area contributed by atoms with Gasteiger partial charge in [-0.25, -0.2) is 0 Å². The van der Waals surface area contributed by atoms with Crippen LogP contribution in [0.4, 0.5) is 0 Å². The fourth-order valence-corrected chi connectivity index (χ4v) is 0. The van der Waals surface area contributed by atoms with Gasteiger partial charge in [0.2, 0.25) is 0 Å². The van der Waals surface area contributed by atoms with Crippen molar-refractivity contribution in [1.29, 1.82) is 5.41 Å². The number of nitrogens with one attached hydrogen (secondary N) is 1. The number of nitrogens with zero attached hydrogens (tertiary/aromatic N) is 1. The van der Waals surface area contributed by atoms with Crippen LogP contribution in [0.2, 0.25) is 0 Å². The minimum atomic E-state index is 0.593. The molecule has 0 bridgehead atoms. The van der Waals surface area contributed by atoms with E-state index < -0.39 is 0 Å². The van der Waals surface area contributed by atoms with Gasteiger partial charge in [-0.3, -0.25) is 5.41 Å². The predicted molar refractivity (Wildman–Crippen MR) is 38.4 cm³/mol. The Balaban J connectivity index is 0. The van der Waals surface area contributed by atoms with Crippen LogP contribution in [0.25, 0.3) is 0 Å². The van der Waals surface area contributed by atoms with Crippen molar-refractivity contribution in [2.24, 2.45) is 0 Å². The molecular weight excluding hydrogens is 100 g/mol. The number of hydrogen-bond acceptors (Lipinski definition) is 1. The Kier molecular flexibility index (Phi) is 8.45. The smallest absolute Gasteiger partial charge is 0.0920 e. The van der Waals surface area contributed by atoms with Crippen molar-refractivity contribution in [3.63, 3.8) is 0 Å². The molecule has 0 aromatic carbocycles. The molecule has 0 saturated carbocycles. The summed E-state index contributed by atoms with van der Waals surface area (Å²) in [6, 6.07) is 0. The highest BCUT2D eigenvalue weighted by Gasteiger charge is 1.81. The lowest BCUT2D eigenvalue weighted by Gasteiger charge is -2.06. The minimum absolute atomic E-state index is 0.593. The maximum atomic E-state index is 6.88. The Hall–Kier alpha value is -0.530. The van der Waals surface area contributed by atoms with Gasteiger partial charge in [0.05, 0.1) is 5.84 Å². The Labute approximate surface area is 52.0 Å². The van der Waals surface area contributed by atoms with Gasteiger partial charge >= 0.3 is 0 Å². The van der Waals surface area contributed by atoms with E-state index in [4.69, 9.17) is 5.41 Å². The van der Waals surface area contributed by atoms with Gasteiger partial charge in [0, 0.05) is 14.1 Å². The van der Waals surface area contributed by atoms with E-state index in [1.807, 2.05) is 27.9 Å². The standard InChI is InChI=1S/C4H10N2.C2H6/c1-4(5)6(2)3;1-2/h5H,1-3H3;1-2H3. The van der Waals surface area contributed by atoms with Gasteiger partial charge in [-0.05, 0) is 6.92 Å². The molecule has 50 valence electrons. The summed E-state index contributed by atoms with van der Waals surface area (Å²) in [4.78, 5) is 1.75. The van der Waals surface area contributed by atoms with Gasteiger partial charge in [-0.2, -0.15) is 0 Å². The van der Waals surface area contributed by atoms with E-state index >= 15 is 0 Å². The van der Waals surface area contributed by atoms with E-state index in [1.165, 1.54) is 0 Å². The molecule has 2 heteroatoms. The lowest BCUT2D eigenvalue weighted by molar-refractivity contribution is 0.613. The van der Waals surface area contributed by atoms with E-state index in [1.54, 1.807) is 11.8 Å². The second-order valence-electron chi connectivity index (χ2n) is 1.48. The Morgan fingerprint density at radius 2 is 1.38 bits per heavy atom. The zero-order valence-corrected chi connectivity index (χ0v) is 6.45. The van der Waals surface area contributed by atoms with Gasteiger partial charge in [0.25, 0.3) is 0 Å². The number of amidine groups is 1. The highest BCUT2D eigenvalue weighted by atomic mass is 15.1. The van der Waals surface area contributed by atoms with Crippen molar-refractivity contribution < 1.29 is 0 Å². The molecule has 0 atom stereocenters. The number of hydrogen-bond donors (Lipinski definition) is 1. The van der Waals surface area contributed by atoms with Crippen LogP contribution >= 0.6 is 0 Å². The average molecular weight is 116 g/mol. The summed E-state index contributed by atoms with van der Waals surface area (Å²) in [6.07, 6.45) is 0. The van der Waals surface area contributed by atoms with Gasteiger partial charge in [0.15, 0.2) is 0 Å². The van der Waals surface area contributed by atoms with Crippen molar-refractivity contribution in [2.45, 2.75) is 20.8 Å². The van der Waals surface area contributed by atoms with Gasteiger partial charge in [-0.1, -0.05) is 13.8 Å². The average Bonchev–Trinajstić information content (AvgIpc) is 1.72. The second-order valence-corrected chi connectivity index (χ2v) is 1.48. The van der Waals surface area contributed by atoms with Crippen LogP contribution in [0.1, 0.15) is 20.8 Å². The molecule has 0 unspecified atom stereocenters. The lowest BCUT2D eigenvalue weighted by atomic mass is 10.6. The number of rotatable bonds is 0. The molecule has 8 heavy (non-hydrogen) atoms. The molecule has 0 heterocycles. The molecule has 1 N–H and O–H groups in total. The SMILES string of the molecule is CC.CC(=N)N(C)C. The summed E-state index contributed by atoms with van der Waals surface area (Å²) >= 11 is 0. The third-order valence-corrected chi connectivity index (χ3v) is 0.671. The first-order chi connectivity index (χ1) is 3.64. The molecule has 0 fully saturated rings. The van der Waals surface area contributed by atoms with Crippen LogP contribution in [0, 0.1) is 5.41 Å². The van der Waals surface area contributed by atoms with Crippen LogP contribution < -0.4 is 0 Å². The molecule has 2 nitrogen and oxygen atoms in total. The monoisotopic (exact) mass is 116 g/mol. The second kappa shape index (κ2) is 6.47. The molecule has 0 aromatic rings. The topological polar surface area (TPSA) is 27.1 Å². The van der Waals surface area contributed by atoms with Gasteiger partial charge in [-0.15, -0.1) is 0 Å². The zero-order chi connectivity index (χ0) is 7.15. The van der Waals surface area contributed by atoms with Gasteiger partial charge in [0.1, 0.15) is 0 Å². The normalized spacial score (nSPS) is 6.62. The van der Waals surface area contributed by atoms with Crippen LogP contribution in [0.3, 0.4) is 0 Å². The van der Waals surface area contributed by atoms with E-state index in [0.29, 0.717) is 5.84 Å². The van der Waals surface area contributed by atoms with Crippen molar-refractivity contribution in [3.8, 4) is 0 Å². The maximum absolute atomic E-state index is 6.88. The maximum Gasteiger partial charge on any atom is 0.0920 e. The van der Waals surface area contributed by atoms with Crippen LogP contribution in [0.5, 0.6) is 0 Å². The fourth-order valence-electron chi connectivity index (χ4n) is 0. The van der Waals surface area contributed by atoms with Crippen molar-refractivity contribution in [1.82, 2.24) is 4.90 Å². The Morgan fingerprint density at radius 1 is 1.25 bits per heavy atom. The Bertz CT molecular complexity index is 57.5. The largest absolute Gasteiger partial charge is 0.367 e. The van der Waals surface area contributed by atoms with E-state index in [0.717, 1.165) is 0 Å². The van der Waals surface area contributed by atoms with Crippen LogP contribution in [-0.4, -0.2) is 24.8 Å². The first-order valence-electron chi connectivity index (χ1n) is 2.87. The van der Waals surface area contributed by atoms with E-state index in [2.05, 4.69) is 0 Å².